The van der Waals surface area contributed by atoms with Crippen molar-refractivity contribution >= 4 is 50.3 Å². The van der Waals surface area contributed by atoms with Crippen LogP contribution in [0.1, 0.15) is 5.56 Å². The minimum atomic E-state index is 0.896. The maximum atomic E-state index is 5.72. The van der Waals surface area contributed by atoms with Gasteiger partial charge in [0.15, 0.2) is 23.0 Å². The maximum absolute atomic E-state index is 5.72. The van der Waals surface area contributed by atoms with E-state index in [1.807, 2.05) is 23.0 Å². The van der Waals surface area contributed by atoms with E-state index in [-0.39, 0.29) is 0 Å². The number of imidazole rings is 1. The zero-order valence-electron chi connectivity index (χ0n) is 21.6. The van der Waals surface area contributed by atoms with E-state index in [4.69, 9.17) is 3.07 Å². The number of halogens is 1. The van der Waals surface area contributed by atoms with Gasteiger partial charge in [0, 0.05) is 16.3 Å². The van der Waals surface area contributed by atoms with Crippen molar-refractivity contribution in [2.75, 3.05) is 0 Å². The first kappa shape index (κ1) is 22.8. The van der Waals surface area contributed by atoms with Crippen LogP contribution >= 0.6 is 23.0 Å². The molecule has 1 aliphatic carbocycles. The molecule has 0 atom stereocenters. The molecule has 8 rings (SSSR count). The molecule has 0 bridgehead atoms. The highest BCUT2D eigenvalue weighted by Gasteiger charge is 2.26. The quantitative estimate of drug-likeness (QED) is 0.102. The fourth-order valence-corrected chi connectivity index (χ4v) is 7.04. The number of aryl methyl sites for hydroxylation is 2. The van der Waals surface area contributed by atoms with Crippen LogP contribution < -0.4 is 7.63 Å². The molecule has 5 aromatic carbocycles. The van der Waals surface area contributed by atoms with Crippen molar-refractivity contribution in [2.24, 2.45) is 7.05 Å². The van der Waals surface area contributed by atoms with Gasteiger partial charge in [0.2, 0.25) is 0 Å². The predicted octanol–water partition coefficient (Wildman–Crippen LogP) is 9.09. The van der Waals surface area contributed by atoms with E-state index in [9.17, 15) is 0 Å². The molecular formula is C35H24IN2O+. The van der Waals surface area contributed by atoms with Crippen molar-refractivity contribution in [3.05, 3.63) is 115 Å². The summed E-state index contributed by atoms with van der Waals surface area (Å²) in [6.07, 6.45) is 4.32. The Morgan fingerprint density at radius 1 is 0.641 bits per heavy atom. The number of rotatable bonds is 1. The molecule has 0 radical (unpaired) electrons. The first-order valence-corrected chi connectivity index (χ1v) is 14.0. The highest BCUT2D eigenvalue weighted by Crippen LogP contribution is 2.49. The molecule has 2 aromatic heterocycles. The monoisotopic (exact) mass is 615 g/mol. The smallest absolute Gasteiger partial charge is 0.294 e. The summed E-state index contributed by atoms with van der Waals surface area (Å²) in [6, 6.07) is 35.6. The van der Waals surface area contributed by atoms with Crippen LogP contribution in [0.2, 0.25) is 0 Å². The highest BCUT2D eigenvalue weighted by molar-refractivity contribution is 14.1. The van der Waals surface area contributed by atoms with E-state index in [1.54, 1.807) is 0 Å². The van der Waals surface area contributed by atoms with Crippen molar-refractivity contribution in [3.8, 4) is 50.3 Å². The molecule has 0 amide bonds. The van der Waals surface area contributed by atoms with E-state index in [2.05, 4.69) is 132 Å². The van der Waals surface area contributed by atoms with Crippen LogP contribution in [0.25, 0.3) is 71.8 Å². The lowest BCUT2D eigenvalue weighted by molar-refractivity contribution is -0.643. The highest BCUT2D eigenvalue weighted by atomic mass is 127. The molecule has 0 spiro atoms. The normalized spacial score (nSPS) is 12.0. The Bertz CT molecular complexity index is 2140. The number of hydrogen-bond acceptors (Lipinski definition) is 1. The third-order valence-corrected chi connectivity index (χ3v) is 8.83. The number of nitrogens with zero attached hydrogens (tertiary/aromatic N) is 2. The molecule has 39 heavy (non-hydrogen) atoms. The second kappa shape index (κ2) is 8.42. The Morgan fingerprint density at radius 3 is 1.69 bits per heavy atom. The van der Waals surface area contributed by atoms with Crippen LogP contribution in [-0.4, -0.2) is 4.40 Å². The summed E-state index contributed by atoms with van der Waals surface area (Å²) < 4.78 is 10.3. The van der Waals surface area contributed by atoms with Crippen LogP contribution in [0.3, 0.4) is 0 Å². The molecule has 0 N–H and O–H groups in total. The maximum Gasteiger partial charge on any atom is 0.294 e. The summed E-state index contributed by atoms with van der Waals surface area (Å²) in [5.74, 6) is 0.896. The Balaban J connectivity index is 1.62. The lowest BCUT2D eigenvalue weighted by Crippen LogP contribution is -2.26. The Kier molecular flexibility index (Phi) is 4.92. The zero-order valence-corrected chi connectivity index (χ0v) is 23.7. The second-order valence-electron chi connectivity index (χ2n) is 10.3. The van der Waals surface area contributed by atoms with E-state index in [1.165, 1.54) is 66.2 Å². The van der Waals surface area contributed by atoms with Gasteiger partial charge in [-0.1, -0.05) is 72.8 Å². The zero-order chi connectivity index (χ0) is 26.2. The first-order valence-electron chi connectivity index (χ1n) is 13.1. The summed E-state index contributed by atoms with van der Waals surface area (Å²) >= 11 is 1.98. The molecule has 4 heteroatoms. The first-order chi connectivity index (χ1) is 19.2. The van der Waals surface area contributed by atoms with Crippen LogP contribution in [0, 0.1) is 6.92 Å². The third-order valence-electron chi connectivity index (χ3n) is 8.35. The number of benzene rings is 5. The van der Waals surface area contributed by atoms with Crippen LogP contribution in [0.4, 0.5) is 0 Å². The fourth-order valence-electron chi connectivity index (χ4n) is 6.57. The van der Waals surface area contributed by atoms with Crippen molar-refractivity contribution < 1.29 is 7.63 Å². The van der Waals surface area contributed by atoms with Gasteiger partial charge in [0.1, 0.15) is 23.7 Å². The Morgan fingerprint density at radius 2 is 1.15 bits per heavy atom. The summed E-state index contributed by atoms with van der Waals surface area (Å²) in [6.45, 7) is 2.16. The van der Waals surface area contributed by atoms with Gasteiger partial charge < -0.3 is 3.07 Å². The van der Waals surface area contributed by atoms with Crippen molar-refractivity contribution in [1.29, 1.82) is 0 Å². The molecule has 0 aliphatic heterocycles. The molecular weight excluding hydrogens is 591 g/mol. The van der Waals surface area contributed by atoms with Crippen molar-refractivity contribution in [3.63, 3.8) is 0 Å². The summed E-state index contributed by atoms with van der Waals surface area (Å²) in [5.41, 5.74) is 13.6. The third kappa shape index (κ3) is 3.12. The number of hydrogen-bond donors (Lipinski definition) is 0. The van der Waals surface area contributed by atoms with Crippen LogP contribution in [-0.2, 0) is 7.05 Å². The molecule has 0 saturated heterocycles. The van der Waals surface area contributed by atoms with Crippen LogP contribution in [0.5, 0.6) is 5.75 Å². The lowest BCUT2D eigenvalue weighted by Gasteiger charge is -2.23. The van der Waals surface area contributed by atoms with Gasteiger partial charge in [-0.25, -0.2) is 4.57 Å². The van der Waals surface area contributed by atoms with Gasteiger partial charge in [0.05, 0.1) is 12.4 Å². The largest absolute Gasteiger partial charge is 0.427 e. The van der Waals surface area contributed by atoms with E-state index < -0.39 is 0 Å². The van der Waals surface area contributed by atoms with E-state index >= 15 is 0 Å². The summed E-state index contributed by atoms with van der Waals surface area (Å²) in [5, 5.41) is 3.68. The molecule has 186 valence electrons. The molecule has 1 aliphatic rings. The fraction of sp³-hybridized carbons (Fsp3) is 0.0571. The molecule has 7 aromatic rings. The predicted molar refractivity (Wildman–Crippen MR) is 168 cm³/mol. The van der Waals surface area contributed by atoms with Gasteiger partial charge in [-0.05, 0) is 75.7 Å². The minimum Gasteiger partial charge on any atom is -0.427 e. The molecule has 0 saturated carbocycles. The summed E-state index contributed by atoms with van der Waals surface area (Å²) in [4.78, 5) is 0. The molecule has 2 heterocycles. The Labute approximate surface area is 240 Å². The van der Waals surface area contributed by atoms with Gasteiger partial charge in [-0.2, -0.15) is 4.40 Å². The standard InChI is InChI=1S/C35H24IN2O/c1-21-33(39-36)16-15-28-31-19-29-26-13-7-5-11-24(26)22-9-3-4-10-23(22)25-12-6-8-14-27(25)30(29)20-32(31)38-18-17-37(2)35(38)34(21)28/h3-20H,1-2H3/q+1. The van der Waals surface area contributed by atoms with Gasteiger partial charge >= 0.3 is 0 Å². The number of fused-ring (bicyclic) bond motifs is 14. The SMILES string of the molecule is Cc1c(OI)ccc2c3cc4c(cc3n3cc[n+](C)c3c12)-c1ccccc1-c1ccccc1-c1ccccc1-4. The average molecular weight is 615 g/mol. The van der Waals surface area contributed by atoms with E-state index in [0.717, 1.165) is 17.0 Å². The van der Waals surface area contributed by atoms with Crippen molar-refractivity contribution in [1.82, 2.24) is 4.40 Å². The summed E-state index contributed by atoms with van der Waals surface area (Å²) in [7, 11) is 2.12. The lowest BCUT2D eigenvalue weighted by atomic mass is 9.80. The second-order valence-corrected chi connectivity index (χ2v) is 10.8. The van der Waals surface area contributed by atoms with Crippen molar-refractivity contribution in [2.45, 2.75) is 6.92 Å². The molecule has 0 fully saturated rings. The van der Waals surface area contributed by atoms with Gasteiger partial charge in [0.25, 0.3) is 5.65 Å². The topological polar surface area (TPSA) is 17.5 Å². The molecule has 3 nitrogen and oxygen atoms in total. The molecule has 0 unspecified atom stereocenters. The van der Waals surface area contributed by atoms with Gasteiger partial charge in [-0.3, -0.25) is 0 Å². The minimum absolute atomic E-state index is 0.896. The van der Waals surface area contributed by atoms with Crippen LogP contribution in [0.15, 0.2) is 109 Å². The average Bonchev–Trinajstić information content (AvgIpc) is 3.37. The number of pyridine rings is 1. The number of aromatic nitrogens is 2. The van der Waals surface area contributed by atoms with Gasteiger partial charge in [-0.15, -0.1) is 0 Å². The Hall–Kier alpha value is -4.16. The van der Waals surface area contributed by atoms with E-state index in [0.29, 0.717) is 0 Å².